The first-order valence-corrected chi connectivity index (χ1v) is 6.11. The maximum Gasteiger partial charge on any atom is 0.221 e. The lowest BCUT2D eigenvalue weighted by Gasteiger charge is -2.15. The lowest BCUT2D eigenvalue weighted by molar-refractivity contribution is -0.122. The Hall–Kier alpha value is -1.64. The van der Waals surface area contributed by atoms with Gasteiger partial charge in [-0.05, 0) is 37.3 Å². The lowest BCUT2D eigenvalue weighted by Crippen LogP contribution is -2.27. The van der Waals surface area contributed by atoms with Crippen LogP contribution in [0.3, 0.4) is 0 Å². The zero-order chi connectivity index (χ0) is 12.1. The predicted octanol–water partition coefficient (Wildman–Crippen LogP) is 2.62. The van der Waals surface area contributed by atoms with Gasteiger partial charge in [0.2, 0.25) is 5.91 Å². The van der Waals surface area contributed by atoms with Crippen molar-refractivity contribution in [2.24, 2.45) is 5.92 Å². The van der Waals surface area contributed by atoms with E-state index in [0.717, 1.165) is 18.4 Å². The van der Waals surface area contributed by atoms with Crippen LogP contribution in [0.1, 0.15) is 37.8 Å². The Labute approximate surface area is 102 Å². The van der Waals surface area contributed by atoms with Crippen molar-refractivity contribution in [3.63, 3.8) is 0 Å². The Balaban J connectivity index is 1.84. The van der Waals surface area contributed by atoms with Gasteiger partial charge in [-0.2, -0.15) is 0 Å². The first-order valence-electron chi connectivity index (χ1n) is 6.11. The van der Waals surface area contributed by atoms with E-state index < -0.39 is 0 Å². The number of carbonyl (C=O) groups excluding carboxylic acids is 1. The molecule has 0 aromatic carbocycles. The molecule has 3 nitrogen and oxygen atoms in total. The van der Waals surface area contributed by atoms with Crippen LogP contribution < -0.4 is 5.32 Å². The molecule has 90 valence electrons. The Morgan fingerprint density at radius 3 is 3.18 bits per heavy atom. The maximum absolute atomic E-state index is 11.8. The molecule has 1 N–H and O–H groups in total. The second-order valence-electron chi connectivity index (χ2n) is 4.55. The largest absolute Gasteiger partial charge is 0.350 e. The van der Waals surface area contributed by atoms with Crippen molar-refractivity contribution in [1.29, 1.82) is 0 Å². The second kappa shape index (κ2) is 5.62. The van der Waals surface area contributed by atoms with Gasteiger partial charge in [-0.1, -0.05) is 18.2 Å². The summed E-state index contributed by atoms with van der Waals surface area (Å²) in [5.41, 5.74) is 1.04. The summed E-state index contributed by atoms with van der Waals surface area (Å²) >= 11 is 0. The van der Waals surface area contributed by atoms with Crippen LogP contribution in [0, 0.1) is 5.92 Å². The van der Waals surface area contributed by atoms with Gasteiger partial charge in [0.05, 0.1) is 6.04 Å². The van der Waals surface area contributed by atoms with Gasteiger partial charge in [-0.3, -0.25) is 9.78 Å². The van der Waals surface area contributed by atoms with Crippen molar-refractivity contribution in [2.75, 3.05) is 0 Å². The third-order valence-electron chi connectivity index (χ3n) is 3.12. The molecule has 0 spiro atoms. The standard InChI is InChI=1S/C14H18N2O/c1-11(13-7-4-8-15-10-13)16-14(17)9-12-5-2-3-6-12/h2,4-5,7-8,10-12H,3,6,9H2,1H3,(H,16,17)/t11-,12+/m0/s1. The van der Waals surface area contributed by atoms with E-state index in [0.29, 0.717) is 12.3 Å². The number of rotatable bonds is 4. The van der Waals surface area contributed by atoms with Crippen molar-refractivity contribution in [3.8, 4) is 0 Å². The smallest absolute Gasteiger partial charge is 0.221 e. The van der Waals surface area contributed by atoms with Crippen LogP contribution in [0.5, 0.6) is 0 Å². The highest BCUT2D eigenvalue weighted by atomic mass is 16.1. The number of allylic oxidation sites excluding steroid dienone is 2. The average Bonchev–Trinajstić information content (AvgIpc) is 2.82. The first-order chi connectivity index (χ1) is 8.25. The van der Waals surface area contributed by atoms with Crippen LogP contribution in [-0.2, 0) is 4.79 Å². The van der Waals surface area contributed by atoms with Crippen molar-refractivity contribution in [2.45, 2.75) is 32.2 Å². The third-order valence-corrected chi connectivity index (χ3v) is 3.12. The van der Waals surface area contributed by atoms with Crippen LogP contribution in [-0.4, -0.2) is 10.9 Å². The molecule has 1 amide bonds. The van der Waals surface area contributed by atoms with Crippen molar-refractivity contribution < 1.29 is 4.79 Å². The van der Waals surface area contributed by atoms with E-state index in [9.17, 15) is 4.79 Å². The van der Waals surface area contributed by atoms with Crippen molar-refractivity contribution in [3.05, 3.63) is 42.2 Å². The summed E-state index contributed by atoms with van der Waals surface area (Å²) in [6.45, 7) is 1.99. The van der Waals surface area contributed by atoms with Crippen molar-refractivity contribution >= 4 is 5.91 Å². The molecule has 0 saturated heterocycles. The minimum Gasteiger partial charge on any atom is -0.350 e. The van der Waals surface area contributed by atoms with Gasteiger partial charge in [0.1, 0.15) is 0 Å². The zero-order valence-corrected chi connectivity index (χ0v) is 10.1. The van der Waals surface area contributed by atoms with Gasteiger partial charge in [0, 0.05) is 18.8 Å². The van der Waals surface area contributed by atoms with Crippen LogP contribution in [0.25, 0.3) is 0 Å². The average molecular weight is 230 g/mol. The topological polar surface area (TPSA) is 42.0 Å². The molecule has 1 heterocycles. The number of carbonyl (C=O) groups is 1. The molecule has 17 heavy (non-hydrogen) atoms. The number of hydrogen-bond donors (Lipinski definition) is 1. The van der Waals surface area contributed by atoms with Crippen molar-refractivity contribution in [1.82, 2.24) is 10.3 Å². The maximum atomic E-state index is 11.8. The van der Waals surface area contributed by atoms with Gasteiger partial charge in [0.25, 0.3) is 0 Å². The summed E-state index contributed by atoms with van der Waals surface area (Å²) in [5, 5.41) is 3.01. The molecular formula is C14H18N2O. The number of pyridine rings is 1. The highest BCUT2D eigenvalue weighted by molar-refractivity contribution is 5.76. The molecule has 0 fully saturated rings. The fraction of sp³-hybridized carbons (Fsp3) is 0.429. The molecule has 1 aliphatic carbocycles. The highest BCUT2D eigenvalue weighted by Crippen LogP contribution is 2.20. The number of nitrogens with zero attached hydrogens (tertiary/aromatic N) is 1. The minimum absolute atomic E-state index is 0.0292. The first kappa shape index (κ1) is 11.8. The predicted molar refractivity (Wildman–Crippen MR) is 67.3 cm³/mol. The third kappa shape index (κ3) is 3.41. The summed E-state index contributed by atoms with van der Waals surface area (Å²) in [7, 11) is 0. The fourth-order valence-corrected chi connectivity index (χ4v) is 2.12. The molecule has 1 aromatic heterocycles. The van der Waals surface area contributed by atoms with Gasteiger partial charge in [-0.25, -0.2) is 0 Å². The molecule has 3 heteroatoms. The summed E-state index contributed by atoms with van der Waals surface area (Å²) in [5.74, 6) is 0.550. The van der Waals surface area contributed by atoms with Gasteiger partial charge < -0.3 is 5.32 Å². The van der Waals surface area contributed by atoms with Crippen LogP contribution >= 0.6 is 0 Å². The Kier molecular flexibility index (Phi) is 3.91. The Morgan fingerprint density at radius 2 is 2.53 bits per heavy atom. The molecule has 1 aromatic rings. The quantitative estimate of drug-likeness (QED) is 0.808. The number of nitrogens with one attached hydrogen (secondary N) is 1. The minimum atomic E-state index is 0.0292. The van der Waals surface area contributed by atoms with Gasteiger partial charge in [0.15, 0.2) is 0 Å². The van der Waals surface area contributed by atoms with E-state index in [-0.39, 0.29) is 11.9 Å². The number of amides is 1. The lowest BCUT2D eigenvalue weighted by atomic mass is 10.0. The van der Waals surface area contributed by atoms with Gasteiger partial charge >= 0.3 is 0 Å². The summed E-state index contributed by atoms with van der Waals surface area (Å²) < 4.78 is 0. The molecule has 0 aliphatic heterocycles. The molecular weight excluding hydrogens is 212 g/mol. The van der Waals surface area contributed by atoms with E-state index in [1.165, 1.54) is 0 Å². The SMILES string of the molecule is C[C@H](NC(=O)C[C@@H]1C=CCC1)c1cccnc1. The van der Waals surface area contributed by atoms with Crippen LogP contribution in [0.15, 0.2) is 36.7 Å². The summed E-state index contributed by atoms with van der Waals surface area (Å²) in [4.78, 5) is 15.9. The molecule has 0 unspecified atom stereocenters. The number of hydrogen-bond acceptors (Lipinski definition) is 2. The second-order valence-corrected chi connectivity index (χ2v) is 4.55. The Morgan fingerprint density at radius 1 is 1.65 bits per heavy atom. The molecule has 2 atom stereocenters. The number of aromatic nitrogens is 1. The molecule has 0 saturated carbocycles. The van der Waals surface area contributed by atoms with E-state index >= 15 is 0 Å². The normalized spacial score (nSPS) is 20.2. The van der Waals surface area contributed by atoms with E-state index in [1.807, 2.05) is 19.1 Å². The molecule has 1 aliphatic rings. The van der Waals surface area contributed by atoms with E-state index in [4.69, 9.17) is 0 Å². The summed E-state index contributed by atoms with van der Waals surface area (Å²) in [6.07, 6.45) is 10.6. The Bertz CT molecular complexity index is 400. The van der Waals surface area contributed by atoms with Crippen LogP contribution in [0.2, 0.25) is 0 Å². The van der Waals surface area contributed by atoms with E-state index in [1.54, 1.807) is 12.4 Å². The molecule has 0 radical (unpaired) electrons. The molecule has 0 bridgehead atoms. The van der Waals surface area contributed by atoms with Crippen LogP contribution in [0.4, 0.5) is 0 Å². The fourth-order valence-electron chi connectivity index (χ4n) is 2.12. The highest BCUT2D eigenvalue weighted by Gasteiger charge is 2.15. The summed E-state index contributed by atoms with van der Waals surface area (Å²) in [6, 6.07) is 3.90. The molecule has 2 rings (SSSR count). The monoisotopic (exact) mass is 230 g/mol. The van der Waals surface area contributed by atoms with E-state index in [2.05, 4.69) is 22.5 Å². The van der Waals surface area contributed by atoms with Gasteiger partial charge in [-0.15, -0.1) is 0 Å². The zero-order valence-electron chi connectivity index (χ0n) is 10.1.